The van der Waals surface area contributed by atoms with Crippen LogP contribution in [0.2, 0.25) is 0 Å². The quantitative estimate of drug-likeness (QED) is 0.0779. The third kappa shape index (κ3) is 63.7. The Kier molecular flexibility index (Phi) is 42.1. The van der Waals surface area contributed by atoms with Gasteiger partial charge in [-0.3, -0.25) is 0 Å². The Balaban J connectivity index is -0.000000145. The van der Waals surface area contributed by atoms with E-state index in [4.69, 9.17) is 9.79 Å². The minimum Gasteiger partial charge on any atom is -0.343 e. The summed E-state index contributed by atoms with van der Waals surface area (Å²) in [4.78, 5) is 15.7. The maximum absolute atomic E-state index is 7.87. The molecule has 0 aromatic carbocycles. The molecule has 6 heteroatoms. The van der Waals surface area contributed by atoms with Crippen molar-refractivity contribution < 1.29 is 29.3 Å². The summed E-state index contributed by atoms with van der Waals surface area (Å²) in [5, 5.41) is 0. The summed E-state index contributed by atoms with van der Waals surface area (Å²) in [5.74, 6) is 0. The van der Waals surface area contributed by atoms with Gasteiger partial charge in [-0.2, -0.15) is 12.8 Å². The molecule has 0 aliphatic rings. The molecule has 0 amide bonds. The molecule has 2 N–H and O–H groups in total. The Hall–Kier alpha value is 1.54. The molecule has 0 unspecified atom stereocenters. The standard InChI is InChI=1S/2C10H21.H3O2PS2.Zn/c2*1-3-5-7-9-10-8-6-4-2;1-3(2,4)5;/h2*1,3-10H2,2H3;(H3,1,2,4,5);/q2*-1;;+2. The van der Waals surface area contributed by atoms with E-state index >= 15 is 0 Å². The number of rotatable bonds is 14. The van der Waals surface area contributed by atoms with Crippen LogP contribution in [0, 0.1) is 13.8 Å². The first-order valence-electron chi connectivity index (χ1n) is 10.2. The van der Waals surface area contributed by atoms with E-state index in [-0.39, 0.29) is 19.5 Å². The van der Waals surface area contributed by atoms with Crippen LogP contribution < -0.4 is 0 Å². The molecule has 0 aromatic rings. The van der Waals surface area contributed by atoms with Crippen molar-refractivity contribution in [2.24, 2.45) is 0 Å². The van der Waals surface area contributed by atoms with Crippen LogP contribution in [0.1, 0.15) is 117 Å². The number of thiol groups is 1. The van der Waals surface area contributed by atoms with Crippen LogP contribution in [0.25, 0.3) is 0 Å². The van der Waals surface area contributed by atoms with E-state index in [1.165, 1.54) is 89.9 Å². The first kappa shape index (κ1) is 35.0. The first-order valence-corrected chi connectivity index (χ1v) is 14.1. The minimum atomic E-state index is -3.11. The number of unbranched alkanes of at least 4 members (excludes halogenated alkanes) is 14. The van der Waals surface area contributed by atoms with Crippen molar-refractivity contribution in [2.45, 2.75) is 117 Å². The van der Waals surface area contributed by atoms with Crippen molar-refractivity contribution in [2.75, 3.05) is 0 Å². The summed E-state index contributed by atoms with van der Waals surface area (Å²) >= 11 is 7.07. The molecule has 0 fully saturated rings. The minimum absolute atomic E-state index is 0. The fraction of sp³-hybridized carbons (Fsp3) is 0.900. The fourth-order valence-electron chi connectivity index (χ4n) is 2.27. The van der Waals surface area contributed by atoms with Gasteiger partial charge in [0.1, 0.15) is 0 Å². The molecule has 0 bridgehead atoms. The van der Waals surface area contributed by atoms with Crippen molar-refractivity contribution in [1.82, 2.24) is 0 Å². The van der Waals surface area contributed by atoms with Crippen LogP contribution in [0.5, 0.6) is 0 Å². The van der Waals surface area contributed by atoms with E-state index in [0.29, 0.717) is 0 Å². The van der Waals surface area contributed by atoms with Gasteiger partial charge in [-0.1, -0.05) is 116 Å². The molecular formula is C20H45O2PS2Zn. The molecule has 0 atom stereocenters. The Bertz CT molecular complexity index is 224. The maximum atomic E-state index is 7.87. The van der Waals surface area contributed by atoms with Gasteiger partial charge >= 0.3 is 19.5 Å². The second kappa shape index (κ2) is 31.2. The van der Waals surface area contributed by atoms with Crippen molar-refractivity contribution in [3.63, 3.8) is 0 Å². The van der Waals surface area contributed by atoms with E-state index in [2.05, 4.69) is 51.8 Å². The van der Waals surface area contributed by atoms with Crippen LogP contribution >= 0.6 is 17.9 Å². The normalized spacial score (nSPS) is 10.1. The summed E-state index contributed by atoms with van der Waals surface area (Å²) in [6, 6.07) is 0. The van der Waals surface area contributed by atoms with Gasteiger partial charge in [0.25, 0.3) is 0 Å². The predicted molar refractivity (Wildman–Crippen MR) is 124 cm³/mol. The van der Waals surface area contributed by atoms with Gasteiger partial charge in [0.2, 0.25) is 5.69 Å². The second-order valence-corrected chi connectivity index (χ2v) is 11.5. The largest absolute Gasteiger partial charge is 2.00 e. The van der Waals surface area contributed by atoms with Gasteiger partial charge in [-0.15, -0.1) is 0 Å². The Morgan fingerprint density at radius 2 is 0.846 bits per heavy atom. The van der Waals surface area contributed by atoms with Crippen molar-refractivity contribution >= 4 is 29.7 Å². The van der Waals surface area contributed by atoms with E-state index in [9.17, 15) is 0 Å². The van der Waals surface area contributed by atoms with Gasteiger partial charge in [0, 0.05) is 0 Å². The third-order valence-electron chi connectivity index (χ3n) is 3.71. The molecule has 0 heterocycles. The van der Waals surface area contributed by atoms with Crippen molar-refractivity contribution in [3.05, 3.63) is 13.8 Å². The topological polar surface area (TPSA) is 40.5 Å². The third-order valence-corrected chi connectivity index (χ3v) is 3.71. The zero-order chi connectivity index (χ0) is 19.8. The summed E-state index contributed by atoms with van der Waals surface area (Å²) in [7, 11) is 0. The summed E-state index contributed by atoms with van der Waals surface area (Å²) in [5.41, 5.74) is -3.11. The zero-order valence-corrected chi connectivity index (χ0v) is 23.2. The second-order valence-electron chi connectivity index (χ2n) is 6.46. The van der Waals surface area contributed by atoms with Crippen molar-refractivity contribution in [3.8, 4) is 0 Å². The van der Waals surface area contributed by atoms with E-state index in [0.717, 1.165) is 12.8 Å². The first-order chi connectivity index (χ1) is 11.8. The maximum Gasteiger partial charge on any atom is 2.00 e. The summed E-state index contributed by atoms with van der Waals surface area (Å²) in [6.07, 6.45) is 21.8. The zero-order valence-electron chi connectivity index (χ0n) is 17.6. The fourth-order valence-corrected chi connectivity index (χ4v) is 2.27. The predicted octanol–water partition coefficient (Wildman–Crippen LogP) is 8.05. The SMILES string of the molecule is OP(O)(=S)S.[CH2-]CCCCCCCCC.[CH2-]CCCCCCCCC.[Zn+2]. The number of hydrogen-bond acceptors (Lipinski definition) is 1. The van der Waals surface area contributed by atoms with Crippen LogP contribution in [0.15, 0.2) is 0 Å². The monoisotopic (exact) mass is 476 g/mol. The van der Waals surface area contributed by atoms with Gasteiger partial charge in [0.15, 0.2) is 0 Å². The van der Waals surface area contributed by atoms with Crippen molar-refractivity contribution in [1.29, 1.82) is 0 Å². The molecular weight excluding hydrogens is 433 g/mol. The van der Waals surface area contributed by atoms with Gasteiger partial charge in [0.05, 0.1) is 0 Å². The van der Waals surface area contributed by atoms with E-state index < -0.39 is 5.69 Å². The molecule has 0 saturated heterocycles. The molecule has 0 spiro atoms. The number of hydrogen-bond donors (Lipinski definition) is 3. The van der Waals surface area contributed by atoms with Crippen LogP contribution in [0.3, 0.4) is 0 Å². The van der Waals surface area contributed by atoms with Gasteiger partial charge in [-0.05, 0) is 11.8 Å². The molecule has 156 valence electrons. The van der Waals surface area contributed by atoms with E-state index in [1.807, 2.05) is 0 Å². The van der Waals surface area contributed by atoms with E-state index in [1.54, 1.807) is 0 Å². The Labute approximate surface area is 188 Å². The Morgan fingerprint density at radius 1 is 0.654 bits per heavy atom. The summed E-state index contributed by atoms with van der Waals surface area (Å²) < 4.78 is 0. The van der Waals surface area contributed by atoms with Gasteiger partial charge in [-0.25, -0.2) is 0 Å². The molecule has 0 saturated carbocycles. The molecule has 2 nitrogen and oxygen atoms in total. The average molecular weight is 478 g/mol. The summed E-state index contributed by atoms with van der Waals surface area (Å²) in [6.45, 7) is 12.2. The molecule has 0 radical (unpaired) electrons. The average Bonchev–Trinajstić information content (AvgIpc) is 2.53. The van der Waals surface area contributed by atoms with Crippen LogP contribution in [-0.2, 0) is 31.3 Å². The molecule has 0 rings (SSSR count). The smallest absolute Gasteiger partial charge is 0.343 e. The van der Waals surface area contributed by atoms with Crippen LogP contribution in [-0.4, -0.2) is 9.79 Å². The molecule has 0 aliphatic carbocycles. The van der Waals surface area contributed by atoms with Crippen LogP contribution in [0.4, 0.5) is 0 Å². The molecule has 26 heavy (non-hydrogen) atoms. The molecule has 0 aromatic heterocycles. The molecule has 0 aliphatic heterocycles. The Morgan fingerprint density at radius 3 is 1.04 bits per heavy atom. The van der Waals surface area contributed by atoms with Gasteiger partial charge < -0.3 is 23.6 Å².